The molecule has 84 valence electrons. The minimum Gasteiger partial charge on any atom is -0.198 e. The molecule has 4 heteroatoms. The summed E-state index contributed by atoms with van der Waals surface area (Å²) in [5.74, 6) is 0.153. The summed E-state index contributed by atoms with van der Waals surface area (Å²) in [5.41, 5.74) is 0. The molecule has 0 bridgehead atoms. The standard InChI is InChI=1S/C12H11Cl2NS/c13-9-4-5-10(14)12(6-9)16-11-3-1-2-8(11)7-15/h4-6,8,11H,1-3H2. The predicted molar refractivity (Wildman–Crippen MR) is 69.1 cm³/mol. The molecular weight excluding hydrogens is 261 g/mol. The van der Waals surface area contributed by atoms with Crippen LogP contribution in [0.4, 0.5) is 0 Å². The van der Waals surface area contributed by atoms with E-state index < -0.39 is 0 Å². The largest absolute Gasteiger partial charge is 0.198 e. The molecule has 2 unspecified atom stereocenters. The van der Waals surface area contributed by atoms with Gasteiger partial charge in [0.1, 0.15) is 0 Å². The van der Waals surface area contributed by atoms with Crippen LogP contribution >= 0.6 is 35.0 Å². The molecule has 0 saturated heterocycles. The molecule has 1 nitrogen and oxygen atoms in total. The smallest absolute Gasteiger partial charge is 0.0667 e. The quantitative estimate of drug-likeness (QED) is 0.773. The van der Waals surface area contributed by atoms with E-state index in [2.05, 4.69) is 6.07 Å². The summed E-state index contributed by atoms with van der Waals surface area (Å²) in [6, 6.07) is 7.84. The van der Waals surface area contributed by atoms with Gasteiger partial charge in [0.05, 0.1) is 17.0 Å². The van der Waals surface area contributed by atoms with E-state index in [-0.39, 0.29) is 5.92 Å². The topological polar surface area (TPSA) is 23.8 Å². The average Bonchev–Trinajstić information content (AvgIpc) is 2.71. The second kappa shape index (κ2) is 5.31. The van der Waals surface area contributed by atoms with Crippen LogP contribution < -0.4 is 0 Å². The second-order valence-electron chi connectivity index (χ2n) is 3.90. The summed E-state index contributed by atoms with van der Waals surface area (Å²) < 4.78 is 0. The number of halogens is 2. The Hall–Kier alpha value is -0.360. The Morgan fingerprint density at radius 1 is 1.31 bits per heavy atom. The highest BCUT2D eigenvalue weighted by Gasteiger charge is 2.28. The van der Waals surface area contributed by atoms with Crippen LogP contribution in [-0.2, 0) is 0 Å². The molecule has 0 aromatic heterocycles. The average molecular weight is 272 g/mol. The van der Waals surface area contributed by atoms with Gasteiger partial charge in [0.2, 0.25) is 0 Å². The van der Waals surface area contributed by atoms with Crippen molar-refractivity contribution in [1.29, 1.82) is 5.26 Å². The molecule has 0 aliphatic heterocycles. The van der Waals surface area contributed by atoms with Crippen molar-refractivity contribution in [2.24, 2.45) is 5.92 Å². The minimum atomic E-state index is 0.153. The van der Waals surface area contributed by atoms with Crippen LogP contribution in [0.2, 0.25) is 10.0 Å². The van der Waals surface area contributed by atoms with Crippen LogP contribution in [0.3, 0.4) is 0 Å². The van der Waals surface area contributed by atoms with Crippen LogP contribution in [0, 0.1) is 17.2 Å². The number of benzene rings is 1. The summed E-state index contributed by atoms with van der Waals surface area (Å²) in [6.07, 6.45) is 3.23. The van der Waals surface area contributed by atoms with Crippen molar-refractivity contribution >= 4 is 35.0 Å². The van der Waals surface area contributed by atoms with Crippen molar-refractivity contribution in [3.8, 4) is 6.07 Å². The molecule has 1 saturated carbocycles. The summed E-state index contributed by atoms with van der Waals surface area (Å²) in [7, 11) is 0. The van der Waals surface area contributed by atoms with Gasteiger partial charge in [-0.2, -0.15) is 5.26 Å². The van der Waals surface area contributed by atoms with E-state index in [1.807, 2.05) is 12.1 Å². The number of hydrogen-bond donors (Lipinski definition) is 0. The molecule has 0 heterocycles. The monoisotopic (exact) mass is 271 g/mol. The summed E-state index contributed by atoms with van der Waals surface area (Å²) >= 11 is 13.7. The maximum absolute atomic E-state index is 9.02. The van der Waals surface area contributed by atoms with E-state index >= 15 is 0 Å². The fraction of sp³-hybridized carbons (Fsp3) is 0.417. The Bertz CT molecular complexity index is 428. The normalized spacial score (nSPS) is 24.3. The lowest BCUT2D eigenvalue weighted by atomic mass is 10.1. The molecule has 1 aliphatic rings. The lowest BCUT2D eigenvalue weighted by molar-refractivity contribution is 0.714. The highest BCUT2D eigenvalue weighted by Crippen LogP contribution is 2.41. The van der Waals surface area contributed by atoms with Crippen molar-refractivity contribution in [2.75, 3.05) is 0 Å². The van der Waals surface area contributed by atoms with E-state index in [9.17, 15) is 0 Å². The Labute approximate surface area is 110 Å². The first-order valence-electron chi connectivity index (χ1n) is 5.22. The van der Waals surface area contributed by atoms with Gasteiger partial charge >= 0.3 is 0 Å². The second-order valence-corrected chi connectivity index (χ2v) is 6.02. The first kappa shape index (κ1) is 12.1. The SMILES string of the molecule is N#CC1CCCC1Sc1cc(Cl)ccc1Cl. The van der Waals surface area contributed by atoms with Crippen LogP contribution in [0.1, 0.15) is 19.3 Å². The highest BCUT2D eigenvalue weighted by atomic mass is 35.5. The molecule has 2 atom stereocenters. The molecule has 0 amide bonds. The van der Waals surface area contributed by atoms with Gasteiger partial charge in [-0.15, -0.1) is 11.8 Å². The Morgan fingerprint density at radius 3 is 2.88 bits per heavy atom. The van der Waals surface area contributed by atoms with Gasteiger partial charge in [0.15, 0.2) is 0 Å². The van der Waals surface area contributed by atoms with Crippen molar-refractivity contribution < 1.29 is 0 Å². The lowest BCUT2D eigenvalue weighted by Crippen LogP contribution is -2.07. The fourth-order valence-corrected chi connectivity index (χ4v) is 3.78. The summed E-state index contributed by atoms with van der Waals surface area (Å²) in [5, 5.41) is 10.8. The van der Waals surface area contributed by atoms with Crippen LogP contribution in [0.5, 0.6) is 0 Å². The van der Waals surface area contributed by atoms with E-state index in [1.54, 1.807) is 17.8 Å². The zero-order valence-corrected chi connectivity index (χ0v) is 10.9. The molecule has 0 spiro atoms. The minimum absolute atomic E-state index is 0.153. The zero-order chi connectivity index (χ0) is 11.5. The van der Waals surface area contributed by atoms with Crippen molar-refractivity contribution in [1.82, 2.24) is 0 Å². The molecule has 1 aliphatic carbocycles. The van der Waals surface area contributed by atoms with Gasteiger partial charge in [-0.25, -0.2) is 0 Å². The molecular formula is C12H11Cl2NS. The van der Waals surface area contributed by atoms with Crippen molar-refractivity contribution in [2.45, 2.75) is 29.4 Å². The molecule has 0 radical (unpaired) electrons. The van der Waals surface area contributed by atoms with E-state index in [4.69, 9.17) is 28.5 Å². The van der Waals surface area contributed by atoms with Gasteiger partial charge in [-0.3, -0.25) is 0 Å². The summed E-state index contributed by atoms with van der Waals surface area (Å²) in [4.78, 5) is 0.987. The van der Waals surface area contributed by atoms with Gasteiger partial charge < -0.3 is 0 Å². The number of nitriles is 1. The first-order valence-corrected chi connectivity index (χ1v) is 6.85. The Kier molecular flexibility index (Phi) is 4.02. The molecule has 0 N–H and O–H groups in total. The van der Waals surface area contributed by atoms with Crippen LogP contribution in [0.15, 0.2) is 23.1 Å². The van der Waals surface area contributed by atoms with Crippen LogP contribution in [-0.4, -0.2) is 5.25 Å². The fourth-order valence-electron chi connectivity index (χ4n) is 1.95. The predicted octanol–water partition coefficient (Wildman–Crippen LogP) is 4.78. The maximum Gasteiger partial charge on any atom is 0.0667 e. The molecule has 1 aromatic carbocycles. The van der Waals surface area contributed by atoms with E-state index in [0.717, 1.165) is 29.2 Å². The number of hydrogen-bond acceptors (Lipinski definition) is 2. The lowest BCUT2D eigenvalue weighted by Gasteiger charge is -2.13. The van der Waals surface area contributed by atoms with Crippen molar-refractivity contribution in [3.05, 3.63) is 28.2 Å². The van der Waals surface area contributed by atoms with Gasteiger partial charge in [0.25, 0.3) is 0 Å². The third kappa shape index (κ3) is 2.66. The molecule has 1 fully saturated rings. The number of thioether (sulfide) groups is 1. The molecule has 16 heavy (non-hydrogen) atoms. The Morgan fingerprint density at radius 2 is 2.12 bits per heavy atom. The van der Waals surface area contributed by atoms with Crippen LogP contribution in [0.25, 0.3) is 0 Å². The molecule has 2 rings (SSSR count). The maximum atomic E-state index is 9.02. The van der Waals surface area contributed by atoms with Crippen molar-refractivity contribution in [3.63, 3.8) is 0 Å². The zero-order valence-electron chi connectivity index (χ0n) is 8.62. The number of nitrogens with zero attached hydrogens (tertiary/aromatic N) is 1. The van der Waals surface area contributed by atoms with Gasteiger partial charge in [-0.1, -0.05) is 29.6 Å². The summed E-state index contributed by atoms with van der Waals surface area (Å²) in [6.45, 7) is 0. The number of rotatable bonds is 2. The van der Waals surface area contributed by atoms with E-state index in [1.165, 1.54) is 0 Å². The third-order valence-electron chi connectivity index (χ3n) is 2.79. The first-order chi connectivity index (χ1) is 7.70. The van der Waals surface area contributed by atoms with Gasteiger partial charge in [-0.05, 0) is 31.0 Å². The van der Waals surface area contributed by atoms with E-state index in [0.29, 0.717) is 10.3 Å². The van der Waals surface area contributed by atoms with Gasteiger partial charge in [0, 0.05) is 15.2 Å². The Balaban J connectivity index is 2.14. The molecule has 1 aromatic rings. The highest BCUT2D eigenvalue weighted by molar-refractivity contribution is 8.00. The third-order valence-corrected chi connectivity index (χ3v) is 4.93.